The maximum Gasteiger partial charge on any atom is 0.353 e. The summed E-state index contributed by atoms with van der Waals surface area (Å²) in [7, 11) is -3.92. The van der Waals surface area contributed by atoms with Crippen molar-refractivity contribution in [3.8, 4) is 11.8 Å². The van der Waals surface area contributed by atoms with Crippen LogP contribution < -0.4 is 5.73 Å². The van der Waals surface area contributed by atoms with Crippen molar-refractivity contribution >= 4 is 24.6 Å². The number of unbranched alkanes of at least 4 members (excludes halogenated alkanes) is 8. The van der Waals surface area contributed by atoms with Crippen molar-refractivity contribution in [3.63, 3.8) is 0 Å². The maximum absolute atomic E-state index is 13.6. The summed E-state index contributed by atoms with van der Waals surface area (Å²) in [5.74, 6) is -5.20. The predicted octanol–water partition coefficient (Wildman–Crippen LogP) is 6.64. The van der Waals surface area contributed by atoms with Crippen molar-refractivity contribution in [1.82, 2.24) is 19.5 Å². The molecule has 0 radical (unpaired) electrons. The van der Waals surface area contributed by atoms with Crippen LogP contribution in [-0.2, 0) is 25.1 Å². The van der Waals surface area contributed by atoms with E-state index in [2.05, 4.69) is 26.8 Å². The zero-order chi connectivity index (χ0) is 33.5. The van der Waals surface area contributed by atoms with E-state index in [1.165, 1.54) is 6.33 Å². The number of fused-ring (bicyclic) bond motifs is 1. The van der Waals surface area contributed by atoms with Gasteiger partial charge in [0, 0.05) is 19.6 Å². The number of nitrogen functional groups attached to an aromatic ring is 1. The quantitative estimate of drug-likeness (QED) is 0.0338. The van der Waals surface area contributed by atoms with Gasteiger partial charge >= 0.3 is 7.60 Å². The number of nitrogens with zero attached hydrogens (tertiary/aromatic N) is 4. The molecule has 0 aliphatic heterocycles. The third kappa shape index (κ3) is 11.6. The largest absolute Gasteiger partial charge is 0.382 e. The van der Waals surface area contributed by atoms with E-state index in [1.54, 1.807) is 17.8 Å². The van der Waals surface area contributed by atoms with Gasteiger partial charge < -0.3 is 29.2 Å². The molecule has 2 heterocycles. The Kier molecular flexibility index (Phi) is 15.3. The van der Waals surface area contributed by atoms with Crippen molar-refractivity contribution < 1.29 is 45.4 Å². The highest BCUT2D eigenvalue weighted by Gasteiger charge is 2.25. The molecule has 254 valence electrons. The van der Waals surface area contributed by atoms with Crippen LogP contribution in [0.15, 0.2) is 12.7 Å². The van der Waals surface area contributed by atoms with E-state index in [4.69, 9.17) is 19.7 Å². The summed E-state index contributed by atoms with van der Waals surface area (Å²) >= 11 is 0. The lowest BCUT2D eigenvalue weighted by Gasteiger charge is -2.17. The topological polar surface area (TPSA) is 135 Å². The van der Waals surface area contributed by atoms with Gasteiger partial charge in [-0.2, -0.15) is 0 Å². The normalized spacial score (nSPS) is 13.5. The molecule has 10 nitrogen and oxygen atoms in total. The number of halogens is 5. The first kappa shape index (κ1) is 37.3. The van der Waals surface area contributed by atoms with E-state index in [0.717, 1.165) is 44.9 Å². The molecule has 1 aromatic carbocycles. The molecule has 3 rings (SSSR count). The van der Waals surface area contributed by atoms with E-state index < -0.39 is 54.7 Å². The van der Waals surface area contributed by atoms with Gasteiger partial charge in [-0.15, -0.1) is 0 Å². The first-order valence-corrected chi connectivity index (χ1v) is 16.9. The number of rotatable bonds is 20. The maximum atomic E-state index is 13.6. The summed E-state index contributed by atoms with van der Waals surface area (Å²) < 4.78 is 96.9. The molecule has 0 bridgehead atoms. The van der Waals surface area contributed by atoms with Crippen molar-refractivity contribution in [1.29, 1.82) is 0 Å². The van der Waals surface area contributed by atoms with E-state index in [1.807, 2.05) is 0 Å². The molecule has 3 N–H and O–H groups in total. The van der Waals surface area contributed by atoms with Crippen LogP contribution in [-0.4, -0.2) is 56.7 Å². The molecular weight excluding hydrogens is 636 g/mol. The van der Waals surface area contributed by atoms with Gasteiger partial charge in [0.05, 0.1) is 25.6 Å². The average molecular weight is 676 g/mol. The van der Waals surface area contributed by atoms with E-state index in [0.29, 0.717) is 50.2 Å². The summed E-state index contributed by atoms with van der Waals surface area (Å²) in [6.07, 6.45) is 10.2. The Morgan fingerprint density at radius 2 is 1.48 bits per heavy atom. The number of hydrogen-bond donors (Lipinski definition) is 2. The number of benzene rings is 1. The van der Waals surface area contributed by atoms with Gasteiger partial charge in [0.15, 0.2) is 34.7 Å². The van der Waals surface area contributed by atoms with E-state index in [-0.39, 0.29) is 12.4 Å². The second-order valence-corrected chi connectivity index (χ2v) is 12.5. The number of imidazole rings is 1. The molecule has 0 saturated carbocycles. The van der Waals surface area contributed by atoms with Crippen LogP contribution in [0.2, 0.25) is 0 Å². The molecule has 3 aromatic rings. The Morgan fingerprint density at radius 3 is 2.17 bits per heavy atom. The van der Waals surface area contributed by atoms with Gasteiger partial charge in [0.25, 0.3) is 0 Å². The molecule has 0 aliphatic rings. The fourth-order valence-electron chi connectivity index (χ4n) is 4.43. The van der Waals surface area contributed by atoms with Gasteiger partial charge in [0.2, 0.25) is 5.82 Å². The molecule has 2 atom stereocenters. The van der Waals surface area contributed by atoms with Crippen LogP contribution in [0.4, 0.5) is 27.8 Å². The Bertz CT molecular complexity index is 1500. The summed E-state index contributed by atoms with van der Waals surface area (Å²) in [5, 5.41) is 0. The van der Waals surface area contributed by atoms with E-state index in [9.17, 15) is 31.4 Å². The van der Waals surface area contributed by atoms with Gasteiger partial charge in [-0.05, 0) is 26.2 Å². The van der Waals surface area contributed by atoms with Crippen molar-refractivity contribution in [2.45, 2.75) is 83.8 Å². The SMILES string of the molecule is C[C@H](Cn1cnc2c(N)ncnc21)OCP(=O)(O)OCCCOCCCCCCCCCCC#Cc1c(F)c(F)c(F)c(F)c1F. The molecule has 16 heteroatoms. The van der Waals surface area contributed by atoms with Crippen LogP contribution in [0.5, 0.6) is 0 Å². The molecule has 0 fully saturated rings. The second-order valence-electron chi connectivity index (χ2n) is 10.7. The van der Waals surface area contributed by atoms with Crippen molar-refractivity contribution in [2.75, 3.05) is 31.9 Å². The predicted molar refractivity (Wildman–Crippen MR) is 161 cm³/mol. The first-order valence-electron chi connectivity index (χ1n) is 15.1. The Hall–Kier alpha value is -3.15. The van der Waals surface area contributed by atoms with Crippen LogP contribution in [0.1, 0.15) is 76.7 Å². The number of aromatic nitrogens is 4. The number of ether oxygens (including phenoxy) is 2. The molecule has 0 amide bonds. The summed E-state index contributed by atoms with van der Waals surface area (Å²) in [6, 6.07) is 0. The van der Waals surface area contributed by atoms with Gasteiger partial charge in [-0.25, -0.2) is 36.9 Å². The molecular formula is C30H39F5N5O5P. The third-order valence-electron chi connectivity index (χ3n) is 6.90. The highest BCUT2D eigenvalue weighted by Crippen LogP contribution is 2.42. The average Bonchev–Trinajstić information content (AvgIpc) is 3.44. The Morgan fingerprint density at radius 1 is 0.870 bits per heavy atom. The van der Waals surface area contributed by atoms with Gasteiger partial charge in [-0.3, -0.25) is 4.57 Å². The second kappa shape index (κ2) is 18.9. The lowest BCUT2D eigenvalue weighted by atomic mass is 10.1. The zero-order valence-electron chi connectivity index (χ0n) is 25.6. The molecule has 1 unspecified atom stereocenters. The smallest absolute Gasteiger partial charge is 0.353 e. The third-order valence-corrected chi connectivity index (χ3v) is 7.96. The number of anilines is 1. The van der Waals surface area contributed by atoms with Crippen LogP contribution in [0, 0.1) is 40.9 Å². The Balaban J connectivity index is 1.13. The minimum atomic E-state index is -3.92. The monoisotopic (exact) mass is 675 g/mol. The van der Waals surface area contributed by atoms with Gasteiger partial charge in [-0.1, -0.05) is 50.4 Å². The van der Waals surface area contributed by atoms with Crippen LogP contribution >= 0.6 is 7.60 Å². The highest BCUT2D eigenvalue weighted by atomic mass is 31.2. The minimum Gasteiger partial charge on any atom is -0.382 e. The fraction of sp³-hybridized carbons (Fsp3) is 0.567. The number of nitrogens with two attached hydrogens (primary N) is 1. The molecule has 46 heavy (non-hydrogen) atoms. The van der Waals surface area contributed by atoms with E-state index >= 15 is 0 Å². The molecule has 0 saturated heterocycles. The summed E-state index contributed by atoms with van der Waals surface area (Å²) in [5.41, 5.74) is 5.71. The number of hydrogen-bond acceptors (Lipinski definition) is 8. The molecule has 0 aliphatic carbocycles. The standard InChI is InChI=1S/C30H39F5N5O5P/c1-21(17-40-19-39-28-29(36)37-18-38-30(28)40)44-20-46(41,42)45-16-12-15-43-14-11-9-7-5-3-2-4-6-8-10-13-22-23(31)25(33)27(35)26(34)24(22)32/h18-19,21H,2-9,11-12,14-17,20H2,1H3,(H,41,42)(H2,36,37,38)/t21-/m1/s1. The Labute approximate surface area is 264 Å². The molecule has 2 aromatic heterocycles. The first-order chi connectivity index (χ1) is 22.0. The summed E-state index contributed by atoms with van der Waals surface area (Å²) in [6.45, 7) is 3.16. The van der Waals surface area contributed by atoms with Crippen LogP contribution in [0.25, 0.3) is 11.2 Å². The minimum absolute atomic E-state index is 0.0660. The zero-order valence-corrected chi connectivity index (χ0v) is 26.5. The van der Waals surface area contributed by atoms with Gasteiger partial charge in [0.1, 0.15) is 23.8 Å². The highest BCUT2D eigenvalue weighted by molar-refractivity contribution is 7.52. The lowest BCUT2D eigenvalue weighted by molar-refractivity contribution is 0.0688. The lowest BCUT2D eigenvalue weighted by Crippen LogP contribution is -2.17. The fourth-order valence-corrected chi connectivity index (χ4v) is 5.37. The van der Waals surface area contributed by atoms with Crippen molar-refractivity contribution in [2.24, 2.45) is 0 Å². The van der Waals surface area contributed by atoms with Crippen molar-refractivity contribution in [3.05, 3.63) is 47.3 Å². The van der Waals surface area contributed by atoms with Crippen LogP contribution in [0.3, 0.4) is 0 Å². The molecule has 0 spiro atoms. The summed E-state index contributed by atoms with van der Waals surface area (Å²) in [4.78, 5) is 22.3.